The molecule has 3 rings (SSSR count). The Labute approximate surface area is 151 Å². The van der Waals surface area contributed by atoms with Gasteiger partial charge in [0.1, 0.15) is 11.4 Å². The van der Waals surface area contributed by atoms with Crippen molar-refractivity contribution in [1.82, 2.24) is 15.3 Å². The van der Waals surface area contributed by atoms with Crippen LogP contribution in [0.4, 0.5) is 4.39 Å². The number of nitrogens with zero attached hydrogens (tertiary/aromatic N) is 2. The van der Waals surface area contributed by atoms with E-state index in [1.165, 1.54) is 12.1 Å². The van der Waals surface area contributed by atoms with Crippen molar-refractivity contribution >= 4 is 5.91 Å². The molecule has 3 N–H and O–H groups in total. The predicted molar refractivity (Wildman–Crippen MR) is 96.3 cm³/mol. The van der Waals surface area contributed by atoms with Crippen molar-refractivity contribution in [2.75, 3.05) is 0 Å². The summed E-state index contributed by atoms with van der Waals surface area (Å²) in [6, 6.07) is 13.2. The first-order valence-electron chi connectivity index (χ1n) is 8.19. The van der Waals surface area contributed by atoms with E-state index in [1.54, 1.807) is 36.9 Å². The first-order valence-corrected chi connectivity index (χ1v) is 8.19. The van der Waals surface area contributed by atoms with Gasteiger partial charge in [0.15, 0.2) is 0 Å². The average molecular weight is 350 g/mol. The Morgan fingerprint density at radius 2 is 1.73 bits per heavy atom. The zero-order valence-corrected chi connectivity index (χ0v) is 14.1. The molecule has 2 aromatic heterocycles. The van der Waals surface area contributed by atoms with E-state index in [-0.39, 0.29) is 5.82 Å². The van der Waals surface area contributed by atoms with Gasteiger partial charge in [0, 0.05) is 37.8 Å². The normalized spacial score (nSPS) is 13.1. The molecule has 0 aliphatic heterocycles. The Morgan fingerprint density at radius 1 is 1.00 bits per heavy atom. The molecule has 1 aromatic carbocycles. The highest BCUT2D eigenvalue weighted by atomic mass is 19.1. The highest BCUT2D eigenvalue weighted by molar-refractivity contribution is 5.86. The molecule has 6 heteroatoms. The van der Waals surface area contributed by atoms with Crippen LogP contribution in [0.25, 0.3) is 0 Å². The minimum atomic E-state index is -1.19. The van der Waals surface area contributed by atoms with E-state index in [2.05, 4.69) is 15.3 Å². The monoisotopic (exact) mass is 350 g/mol. The van der Waals surface area contributed by atoms with Gasteiger partial charge in [-0.25, -0.2) is 4.39 Å². The molecule has 3 aromatic rings. The molecule has 5 nitrogen and oxygen atoms in total. The summed E-state index contributed by atoms with van der Waals surface area (Å²) >= 11 is 0. The smallest absolute Gasteiger partial charge is 0.242 e. The zero-order chi connectivity index (χ0) is 18.4. The molecule has 1 amide bonds. The van der Waals surface area contributed by atoms with Crippen LogP contribution in [0.2, 0.25) is 0 Å². The third-order valence-electron chi connectivity index (χ3n) is 4.29. The van der Waals surface area contributed by atoms with Crippen LogP contribution in [-0.4, -0.2) is 15.9 Å². The number of primary amides is 1. The van der Waals surface area contributed by atoms with Crippen molar-refractivity contribution in [2.45, 2.75) is 18.5 Å². The van der Waals surface area contributed by atoms with E-state index in [4.69, 9.17) is 5.73 Å². The van der Waals surface area contributed by atoms with E-state index in [9.17, 15) is 9.18 Å². The number of aromatic nitrogens is 2. The Hall–Kier alpha value is -3.12. The van der Waals surface area contributed by atoms with Crippen LogP contribution in [0.3, 0.4) is 0 Å². The zero-order valence-electron chi connectivity index (χ0n) is 14.1. The summed E-state index contributed by atoms with van der Waals surface area (Å²) in [6.45, 7) is 0.388. The van der Waals surface area contributed by atoms with Crippen molar-refractivity contribution in [3.8, 4) is 0 Å². The SMILES string of the molecule is NC(=O)C(Cc1ccncc1)(NCc1cccnc1)c1ccc(F)cc1. The fourth-order valence-electron chi connectivity index (χ4n) is 2.88. The molecule has 0 radical (unpaired) electrons. The molecule has 0 saturated carbocycles. The summed E-state index contributed by atoms with van der Waals surface area (Å²) in [5.74, 6) is -0.909. The van der Waals surface area contributed by atoms with Crippen LogP contribution in [0, 0.1) is 5.82 Å². The fourth-order valence-corrected chi connectivity index (χ4v) is 2.88. The predicted octanol–water partition coefficient (Wildman–Crippen LogP) is 2.33. The van der Waals surface area contributed by atoms with Gasteiger partial charge in [-0.2, -0.15) is 0 Å². The lowest BCUT2D eigenvalue weighted by molar-refractivity contribution is -0.125. The van der Waals surface area contributed by atoms with Gasteiger partial charge in [0.25, 0.3) is 0 Å². The van der Waals surface area contributed by atoms with Gasteiger partial charge in [-0.1, -0.05) is 18.2 Å². The molecule has 0 aliphatic rings. The maximum Gasteiger partial charge on any atom is 0.242 e. The third kappa shape index (κ3) is 3.92. The quantitative estimate of drug-likeness (QED) is 0.685. The van der Waals surface area contributed by atoms with Gasteiger partial charge < -0.3 is 5.73 Å². The second-order valence-corrected chi connectivity index (χ2v) is 6.02. The lowest BCUT2D eigenvalue weighted by Gasteiger charge is -2.33. The minimum Gasteiger partial charge on any atom is -0.368 e. The van der Waals surface area contributed by atoms with Crippen LogP contribution >= 0.6 is 0 Å². The second-order valence-electron chi connectivity index (χ2n) is 6.02. The molecule has 0 saturated heterocycles. The molecule has 0 spiro atoms. The largest absolute Gasteiger partial charge is 0.368 e. The summed E-state index contributed by atoms with van der Waals surface area (Å²) in [4.78, 5) is 20.7. The van der Waals surface area contributed by atoms with Crippen molar-refractivity contribution < 1.29 is 9.18 Å². The Bertz CT molecular complexity index is 856. The summed E-state index contributed by atoms with van der Waals surface area (Å²) in [5, 5.41) is 3.28. The van der Waals surface area contributed by atoms with E-state index >= 15 is 0 Å². The van der Waals surface area contributed by atoms with Crippen LogP contribution in [-0.2, 0) is 23.3 Å². The van der Waals surface area contributed by atoms with Gasteiger partial charge in [-0.3, -0.25) is 20.1 Å². The number of nitrogens with two attached hydrogens (primary N) is 1. The molecule has 2 heterocycles. The molecule has 26 heavy (non-hydrogen) atoms. The van der Waals surface area contributed by atoms with Crippen molar-refractivity contribution in [2.24, 2.45) is 5.73 Å². The number of hydrogen-bond acceptors (Lipinski definition) is 4. The number of nitrogens with one attached hydrogen (secondary N) is 1. The molecule has 0 aliphatic carbocycles. The topological polar surface area (TPSA) is 80.9 Å². The minimum absolute atomic E-state index is 0.316. The fraction of sp³-hybridized carbons (Fsp3) is 0.150. The van der Waals surface area contributed by atoms with Crippen LogP contribution in [0.1, 0.15) is 16.7 Å². The standard InChI is InChI=1S/C20H19FN4O/c21-18-5-3-17(4-6-18)20(19(22)26,12-15-7-10-23-11-8-15)25-14-16-2-1-9-24-13-16/h1-11,13,25H,12,14H2,(H2,22,26). The number of halogens is 1. The Morgan fingerprint density at radius 3 is 2.35 bits per heavy atom. The number of pyridine rings is 2. The highest BCUT2D eigenvalue weighted by Gasteiger charge is 2.38. The summed E-state index contributed by atoms with van der Waals surface area (Å²) in [7, 11) is 0. The maximum atomic E-state index is 13.4. The van der Waals surface area contributed by atoms with Gasteiger partial charge in [-0.15, -0.1) is 0 Å². The number of hydrogen-bond donors (Lipinski definition) is 2. The van der Waals surface area contributed by atoms with E-state index < -0.39 is 11.4 Å². The second kappa shape index (κ2) is 7.84. The lowest BCUT2D eigenvalue weighted by atomic mass is 9.83. The van der Waals surface area contributed by atoms with Gasteiger partial charge in [-0.05, 0) is 47.0 Å². The van der Waals surface area contributed by atoms with Crippen LogP contribution in [0.15, 0.2) is 73.3 Å². The van der Waals surface area contributed by atoms with Crippen LogP contribution < -0.4 is 11.1 Å². The van der Waals surface area contributed by atoms with Crippen molar-refractivity contribution in [3.05, 3.63) is 95.8 Å². The number of amides is 1. The Kier molecular flexibility index (Phi) is 5.34. The van der Waals surface area contributed by atoms with E-state index in [0.717, 1.165) is 11.1 Å². The molecule has 132 valence electrons. The van der Waals surface area contributed by atoms with Crippen molar-refractivity contribution in [3.63, 3.8) is 0 Å². The van der Waals surface area contributed by atoms with Crippen LogP contribution in [0.5, 0.6) is 0 Å². The molecule has 0 fully saturated rings. The number of benzene rings is 1. The first kappa shape index (κ1) is 17.7. The summed E-state index contributed by atoms with van der Waals surface area (Å²) in [5.41, 5.74) is 7.04. The molecule has 1 atom stereocenters. The maximum absolute atomic E-state index is 13.4. The molecule has 0 bridgehead atoms. The molecular formula is C20H19FN4O. The molecule has 1 unspecified atom stereocenters. The first-order chi connectivity index (χ1) is 12.6. The number of rotatable bonds is 7. The summed E-state index contributed by atoms with van der Waals surface area (Å²) < 4.78 is 13.4. The lowest BCUT2D eigenvalue weighted by Crippen LogP contribution is -2.54. The highest BCUT2D eigenvalue weighted by Crippen LogP contribution is 2.27. The van der Waals surface area contributed by atoms with Gasteiger partial charge >= 0.3 is 0 Å². The molecular weight excluding hydrogens is 331 g/mol. The number of carbonyl (C=O) groups excluding carboxylic acids is 1. The summed E-state index contributed by atoms with van der Waals surface area (Å²) in [6.07, 6.45) is 7.04. The van der Waals surface area contributed by atoms with Crippen molar-refractivity contribution in [1.29, 1.82) is 0 Å². The average Bonchev–Trinajstić information content (AvgIpc) is 2.67. The third-order valence-corrected chi connectivity index (χ3v) is 4.29. The Balaban J connectivity index is 1.99. The number of carbonyl (C=O) groups is 1. The van der Waals surface area contributed by atoms with Gasteiger partial charge in [0.2, 0.25) is 5.91 Å². The van der Waals surface area contributed by atoms with E-state index in [1.807, 2.05) is 24.3 Å². The van der Waals surface area contributed by atoms with Gasteiger partial charge in [0.05, 0.1) is 0 Å². The van der Waals surface area contributed by atoms with E-state index in [0.29, 0.717) is 18.5 Å².